The Kier molecular flexibility index (Phi) is 7.55. The highest BCUT2D eigenvalue weighted by Crippen LogP contribution is 2.32. The van der Waals surface area contributed by atoms with E-state index in [1.165, 1.54) is 18.6 Å². The normalized spacial score (nSPS) is 17.6. The van der Waals surface area contributed by atoms with Crippen molar-refractivity contribution < 1.29 is 9.18 Å². The van der Waals surface area contributed by atoms with Gasteiger partial charge in [-0.05, 0) is 86.9 Å². The van der Waals surface area contributed by atoms with Crippen LogP contribution in [-0.2, 0) is 0 Å². The molecule has 2 aromatic heterocycles. The average Bonchev–Trinajstić information content (AvgIpc) is 2.99. The molecular formula is C31H34FN7O. The monoisotopic (exact) mass is 539 g/mol. The Labute approximate surface area is 233 Å². The number of fused-ring (bicyclic) bond motifs is 1. The molecule has 40 heavy (non-hydrogen) atoms. The third-order valence-electron chi connectivity index (χ3n) is 7.84. The molecule has 0 spiro atoms. The number of aryl methyl sites for hydroxylation is 1. The van der Waals surface area contributed by atoms with E-state index in [4.69, 9.17) is 0 Å². The van der Waals surface area contributed by atoms with E-state index in [0.717, 1.165) is 67.5 Å². The van der Waals surface area contributed by atoms with Crippen LogP contribution in [0.25, 0.3) is 10.8 Å². The number of carbonyl (C=O) groups excluding carboxylic acids is 1. The zero-order chi connectivity index (χ0) is 27.5. The molecule has 9 heteroatoms. The van der Waals surface area contributed by atoms with E-state index in [0.29, 0.717) is 24.0 Å². The molecule has 0 unspecified atom stereocenters. The maximum Gasteiger partial charge on any atom is 0.262 e. The highest BCUT2D eigenvalue weighted by molar-refractivity contribution is 6.11. The van der Waals surface area contributed by atoms with Gasteiger partial charge in [0.25, 0.3) is 5.91 Å². The third kappa shape index (κ3) is 5.34. The molecule has 1 amide bonds. The van der Waals surface area contributed by atoms with Gasteiger partial charge in [0.2, 0.25) is 5.95 Å². The van der Waals surface area contributed by atoms with Crippen molar-refractivity contribution in [1.29, 1.82) is 0 Å². The highest BCUT2D eigenvalue weighted by atomic mass is 19.1. The maximum absolute atomic E-state index is 15.6. The SMILES string of the molecule is Cc1cccc2ccnc(N(C(=O)c3ccc(Nc4nccc(N5CCCCC5)n4)cc3F)[C@@H]3CCCNC3)c12. The summed E-state index contributed by atoms with van der Waals surface area (Å²) in [6, 6.07) is 14.3. The molecule has 0 radical (unpaired) electrons. The van der Waals surface area contributed by atoms with Crippen LogP contribution < -0.4 is 20.4 Å². The van der Waals surface area contributed by atoms with Gasteiger partial charge in [-0.2, -0.15) is 4.98 Å². The zero-order valence-corrected chi connectivity index (χ0v) is 22.7. The van der Waals surface area contributed by atoms with Crippen LogP contribution >= 0.6 is 0 Å². The van der Waals surface area contributed by atoms with Crippen molar-refractivity contribution in [2.75, 3.05) is 41.3 Å². The summed E-state index contributed by atoms with van der Waals surface area (Å²) in [6.07, 6.45) is 8.71. The first-order valence-corrected chi connectivity index (χ1v) is 14.1. The standard InChI is InChI=1S/C31H34FN7O/c1-21-7-5-8-22-12-15-34-29(28(21)22)39(24-9-6-14-33-20-24)30(40)25-11-10-23(19-26(25)32)36-31-35-16-13-27(37-31)38-17-3-2-4-18-38/h5,7-8,10-13,15-16,19,24,33H,2-4,6,9,14,17-18,20H2,1H3,(H,35,36,37)/t24-/m1/s1. The highest BCUT2D eigenvalue weighted by Gasteiger charge is 2.31. The smallest absolute Gasteiger partial charge is 0.262 e. The Balaban J connectivity index is 1.30. The van der Waals surface area contributed by atoms with Gasteiger partial charge in [-0.3, -0.25) is 9.69 Å². The Morgan fingerprint density at radius 2 is 1.90 bits per heavy atom. The van der Waals surface area contributed by atoms with Gasteiger partial charge in [-0.1, -0.05) is 18.2 Å². The van der Waals surface area contributed by atoms with Gasteiger partial charge in [0, 0.05) is 43.1 Å². The van der Waals surface area contributed by atoms with Crippen molar-refractivity contribution in [1.82, 2.24) is 20.3 Å². The van der Waals surface area contributed by atoms with Crippen LogP contribution in [0, 0.1) is 12.7 Å². The molecule has 2 aliphatic heterocycles. The minimum absolute atomic E-state index is 0.00602. The Hall–Kier alpha value is -4.11. The largest absolute Gasteiger partial charge is 0.356 e. The Morgan fingerprint density at radius 1 is 1.05 bits per heavy atom. The number of piperidine rings is 2. The van der Waals surface area contributed by atoms with Crippen LogP contribution in [0.3, 0.4) is 0 Å². The fourth-order valence-electron chi connectivity index (χ4n) is 5.79. The Bertz CT molecular complexity index is 1510. The summed E-state index contributed by atoms with van der Waals surface area (Å²) in [7, 11) is 0. The van der Waals surface area contributed by atoms with Gasteiger partial charge in [0.15, 0.2) is 0 Å². The minimum Gasteiger partial charge on any atom is -0.356 e. The van der Waals surface area contributed by atoms with Crippen LogP contribution in [0.5, 0.6) is 0 Å². The van der Waals surface area contributed by atoms with Crippen LogP contribution in [0.4, 0.5) is 27.7 Å². The van der Waals surface area contributed by atoms with E-state index in [-0.39, 0.29) is 11.6 Å². The molecule has 2 saturated heterocycles. The summed E-state index contributed by atoms with van der Waals surface area (Å²) < 4.78 is 15.6. The van der Waals surface area contributed by atoms with Gasteiger partial charge in [0.1, 0.15) is 17.5 Å². The number of aromatic nitrogens is 3. The summed E-state index contributed by atoms with van der Waals surface area (Å²) in [5, 5.41) is 8.41. The van der Waals surface area contributed by atoms with Crippen molar-refractivity contribution in [3.8, 4) is 0 Å². The number of anilines is 4. The fourth-order valence-corrected chi connectivity index (χ4v) is 5.79. The minimum atomic E-state index is -0.604. The molecule has 2 N–H and O–H groups in total. The van der Waals surface area contributed by atoms with Crippen molar-refractivity contribution in [3.63, 3.8) is 0 Å². The summed E-state index contributed by atoms with van der Waals surface area (Å²) in [5.74, 6) is 0.821. The summed E-state index contributed by atoms with van der Waals surface area (Å²) in [5.41, 5.74) is 1.51. The molecule has 4 aromatic rings. The van der Waals surface area contributed by atoms with Gasteiger partial charge in [-0.15, -0.1) is 0 Å². The molecule has 0 saturated carbocycles. The predicted octanol–water partition coefficient (Wildman–Crippen LogP) is 5.61. The topological polar surface area (TPSA) is 86.3 Å². The molecule has 2 aliphatic rings. The van der Waals surface area contributed by atoms with E-state index < -0.39 is 11.7 Å². The molecule has 2 aromatic carbocycles. The van der Waals surface area contributed by atoms with Crippen molar-refractivity contribution in [3.05, 3.63) is 77.9 Å². The first-order valence-electron chi connectivity index (χ1n) is 14.1. The van der Waals surface area contributed by atoms with Gasteiger partial charge in [0.05, 0.1) is 11.6 Å². The van der Waals surface area contributed by atoms with E-state index >= 15 is 4.39 Å². The number of benzene rings is 2. The first-order chi connectivity index (χ1) is 19.6. The Morgan fingerprint density at radius 3 is 2.70 bits per heavy atom. The number of rotatable bonds is 6. The van der Waals surface area contributed by atoms with Crippen molar-refractivity contribution in [2.45, 2.75) is 45.1 Å². The maximum atomic E-state index is 15.6. The molecule has 0 aliphatic carbocycles. The molecule has 0 bridgehead atoms. The number of nitrogens with zero attached hydrogens (tertiary/aromatic N) is 5. The van der Waals surface area contributed by atoms with E-state index in [9.17, 15) is 4.79 Å². The van der Waals surface area contributed by atoms with Crippen LogP contribution in [-0.4, -0.2) is 53.1 Å². The van der Waals surface area contributed by atoms with E-state index in [2.05, 4.69) is 30.5 Å². The molecule has 8 nitrogen and oxygen atoms in total. The summed E-state index contributed by atoms with van der Waals surface area (Å²) >= 11 is 0. The number of pyridine rings is 1. The number of carbonyl (C=O) groups is 1. The molecule has 206 valence electrons. The van der Waals surface area contributed by atoms with Crippen molar-refractivity contribution >= 4 is 40.0 Å². The fraction of sp³-hybridized carbons (Fsp3) is 0.355. The number of amides is 1. The van der Waals surface area contributed by atoms with Gasteiger partial charge in [-0.25, -0.2) is 14.4 Å². The first kappa shape index (κ1) is 26.1. The number of nitrogens with one attached hydrogen (secondary N) is 2. The predicted molar refractivity (Wildman–Crippen MR) is 157 cm³/mol. The van der Waals surface area contributed by atoms with E-state index in [1.807, 2.05) is 37.3 Å². The van der Waals surface area contributed by atoms with Crippen LogP contribution in [0.2, 0.25) is 0 Å². The molecule has 6 rings (SSSR count). The molecule has 1 atom stereocenters. The lowest BCUT2D eigenvalue weighted by molar-refractivity contribution is 0.0968. The lowest BCUT2D eigenvalue weighted by Gasteiger charge is -2.35. The van der Waals surface area contributed by atoms with Crippen LogP contribution in [0.15, 0.2) is 60.9 Å². The average molecular weight is 540 g/mol. The van der Waals surface area contributed by atoms with Crippen molar-refractivity contribution in [2.24, 2.45) is 0 Å². The number of hydrogen-bond donors (Lipinski definition) is 2. The summed E-state index contributed by atoms with van der Waals surface area (Å²) in [4.78, 5) is 31.6. The lowest BCUT2D eigenvalue weighted by Crippen LogP contribution is -2.49. The summed E-state index contributed by atoms with van der Waals surface area (Å²) in [6.45, 7) is 5.48. The quantitative estimate of drug-likeness (QED) is 0.330. The van der Waals surface area contributed by atoms with E-state index in [1.54, 1.807) is 23.4 Å². The number of hydrogen-bond acceptors (Lipinski definition) is 7. The molecule has 2 fully saturated rings. The third-order valence-corrected chi connectivity index (χ3v) is 7.84. The molecule has 4 heterocycles. The van der Waals surface area contributed by atoms with Gasteiger partial charge < -0.3 is 15.5 Å². The zero-order valence-electron chi connectivity index (χ0n) is 22.7. The second-order valence-corrected chi connectivity index (χ2v) is 10.6. The number of halogens is 1. The molecular weight excluding hydrogens is 505 g/mol. The second-order valence-electron chi connectivity index (χ2n) is 10.6. The van der Waals surface area contributed by atoms with Crippen LogP contribution in [0.1, 0.15) is 48.0 Å². The second kappa shape index (κ2) is 11.6. The van der Waals surface area contributed by atoms with Gasteiger partial charge >= 0.3 is 0 Å². The lowest BCUT2D eigenvalue weighted by atomic mass is 10.0.